The molecule has 49 heavy (non-hydrogen) atoms. The second-order valence-corrected chi connectivity index (χ2v) is 15.0. The fourth-order valence-electron chi connectivity index (χ4n) is 10.1. The van der Waals surface area contributed by atoms with Gasteiger partial charge in [0.1, 0.15) is 18.2 Å². The Balaban J connectivity index is 1.20. The summed E-state index contributed by atoms with van der Waals surface area (Å²) >= 11 is 0. The van der Waals surface area contributed by atoms with E-state index in [9.17, 15) is 34.2 Å². The van der Waals surface area contributed by atoms with Crippen LogP contribution in [0.5, 0.6) is 0 Å². The number of nitrogens with zero attached hydrogens (tertiary/aromatic N) is 1. The predicted octanol–water partition coefficient (Wildman–Crippen LogP) is 2.35. The van der Waals surface area contributed by atoms with Crippen LogP contribution < -0.4 is 22.4 Å². The average molecular weight is 687 g/mol. The van der Waals surface area contributed by atoms with Gasteiger partial charge in [-0.25, -0.2) is 9.59 Å². The van der Waals surface area contributed by atoms with Crippen molar-refractivity contribution in [3.05, 3.63) is 34.4 Å². The zero-order valence-electron chi connectivity index (χ0n) is 28.5. The SMILES string of the molecule is CC(=O)O[C@H]1C[C@]2(O)[C@@H]3CC[C@@H]4C[C@@H](OC(=O)CCC(=O)N[C@@H](CCN=C(N)N)C(=O)O)CC[C@]4(C)[C@H]3CC[C@]2(C)[C@H]1c1ccc(=O)oc1. The third kappa shape index (κ3) is 7.20. The van der Waals surface area contributed by atoms with E-state index in [1.165, 1.54) is 19.3 Å². The maximum Gasteiger partial charge on any atom is 0.335 e. The van der Waals surface area contributed by atoms with Crippen LogP contribution in [0.25, 0.3) is 0 Å². The lowest BCUT2D eigenvalue weighted by molar-refractivity contribution is -0.207. The van der Waals surface area contributed by atoms with E-state index in [0.29, 0.717) is 25.7 Å². The summed E-state index contributed by atoms with van der Waals surface area (Å²) in [4.78, 5) is 64.4. The van der Waals surface area contributed by atoms with E-state index in [4.69, 9.17) is 25.4 Å². The van der Waals surface area contributed by atoms with Crippen LogP contribution in [0.1, 0.15) is 103 Å². The summed E-state index contributed by atoms with van der Waals surface area (Å²) in [5, 5.41) is 24.5. The number of carboxylic acids is 1. The van der Waals surface area contributed by atoms with Gasteiger partial charge in [-0.1, -0.05) is 13.8 Å². The first-order chi connectivity index (χ1) is 23.1. The molecule has 1 heterocycles. The number of esters is 2. The standard InChI is InChI=1S/C35H50N4O10/c1-19(40)48-26-17-35(46)24-6-5-21-16-22(49-29(43)9-7-27(41)39-25(31(44)45)12-15-38-32(36)37)10-13-33(21,2)23(24)11-14-34(35,3)30(26)20-4-8-28(42)47-18-20/h4,8,18,21-26,30,46H,5-7,9-17H2,1-3H3,(H,39,41)(H,44,45)(H4,36,37,38)/t21-,22+,23+,24-,25+,26+,30+,33+,34-,35+/m1/s1. The molecule has 1 amide bonds. The molecule has 270 valence electrons. The first-order valence-corrected chi connectivity index (χ1v) is 17.3. The van der Waals surface area contributed by atoms with Crippen molar-refractivity contribution >= 4 is 29.8 Å². The van der Waals surface area contributed by atoms with Gasteiger partial charge in [-0.15, -0.1) is 0 Å². The van der Waals surface area contributed by atoms with Crippen LogP contribution in [0, 0.1) is 28.6 Å². The van der Waals surface area contributed by atoms with Crippen molar-refractivity contribution in [1.82, 2.24) is 5.32 Å². The molecule has 4 fully saturated rings. The lowest BCUT2D eigenvalue weighted by Gasteiger charge is -2.63. The zero-order valence-corrected chi connectivity index (χ0v) is 28.5. The number of carbonyl (C=O) groups excluding carboxylic acids is 3. The number of amides is 1. The molecule has 0 radical (unpaired) electrons. The molecule has 7 N–H and O–H groups in total. The number of hydrogen-bond acceptors (Lipinski definition) is 10. The Kier molecular flexibility index (Phi) is 10.5. The number of carbonyl (C=O) groups is 4. The van der Waals surface area contributed by atoms with Gasteiger partial charge in [-0.2, -0.15) is 0 Å². The minimum absolute atomic E-state index is 0.00402. The molecule has 1 aromatic heterocycles. The van der Waals surface area contributed by atoms with E-state index < -0.39 is 52.6 Å². The molecule has 1 aromatic rings. The molecule has 0 spiro atoms. The van der Waals surface area contributed by atoms with Crippen molar-refractivity contribution in [1.29, 1.82) is 0 Å². The van der Waals surface area contributed by atoms with Crippen LogP contribution in [0.15, 0.2) is 32.6 Å². The Labute approximate surface area is 285 Å². The average Bonchev–Trinajstić information content (AvgIpc) is 3.25. The Morgan fingerprint density at radius 2 is 1.82 bits per heavy atom. The van der Waals surface area contributed by atoms with Gasteiger partial charge < -0.3 is 40.9 Å². The number of nitrogens with one attached hydrogen (secondary N) is 1. The fraction of sp³-hybridized carbons (Fsp3) is 0.714. The van der Waals surface area contributed by atoms with Gasteiger partial charge in [0.25, 0.3) is 0 Å². The molecule has 0 aliphatic heterocycles. The van der Waals surface area contributed by atoms with Crippen molar-refractivity contribution in [2.75, 3.05) is 6.54 Å². The first kappa shape index (κ1) is 36.3. The minimum atomic E-state index is -1.22. The Hall–Kier alpha value is -3.94. The van der Waals surface area contributed by atoms with Crippen LogP contribution >= 0.6 is 0 Å². The summed E-state index contributed by atoms with van der Waals surface area (Å²) in [6.07, 6.45) is 5.96. The lowest BCUT2D eigenvalue weighted by Crippen LogP contribution is -2.62. The van der Waals surface area contributed by atoms with Crippen molar-refractivity contribution in [2.24, 2.45) is 45.0 Å². The number of rotatable bonds is 11. The van der Waals surface area contributed by atoms with E-state index in [-0.39, 0.29) is 67.0 Å². The molecular weight excluding hydrogens is 636 g/mol. The van der Waals surface area contributed by atoms with Crippen LogP contribution in [0.4, 0.5) is 0 Å². The van der Waals surface area contributed by atoms with Crippen molar-refractivity contribution in [3.63, 3.8) is 0 Å². The van der Waals surface area contributed by atoms with Crippen LogP contribution in [0.3, 0.4) is 0 Å². The lowest BCUT2D eigenvalue weighted by atomic mass is 9.43. The molecular formula is C35H50N4O10. The number of aliphatic hydroxyl groups is 1. The fourth-order valence-corrected chi connectivity index (χ4v) is 10.1. The second-order valence-electron chi connectivity index (χ2n) is 15.0. The highest BCUT2D eigenvalue weighted by Gasteiger charge is 2.70. The minimum Gasteiger partial charge on any atom is -0.480 e. The van der Waals surface area contributed by atoms with Crippen LogP contribution in [-0.2, 0) is 28.7 Å². The van der Waals surface area contributed by atoms with E-state index >= 15 is 0 Å². The molecule has 0 bridgehead atoms. The molecule has 0 unspecified atom stereocenters. The van der Waals surface area contributed by atoms with E-state index in [1.807, 2.05) is 0 Å². The molecule has 5 rings (SSSR count). The highest BCUT2D eigenvalue weighted by Crippen LogP contribution is 2.71. The number of aliphatic carboxylic acids is 1. The summed E-state index contributed by atoms with van der Waals surface area (Å²) < 4.78 is 16.9. The summed E-state index contributed by atoms with van der Waals surface area (Å²) in [5.74, 6) is -2.72. The topological polar surface area (TPSA) is 234 Å². The highest BCUT2D eigenvalue weighted by atomic mass is 16.5. The summed E-state index contributed by atoms with van der Waals surface area (Å²) in [7, 11) is 0. The van der Waals surface area contributed by atoms with Crippen molar-refractivity contribution < 1.29 is 43.3 Å². The van der Waals surface area contributed by atoms with Crippen molar-refractivity contribution in [3.8, 4) is 0 Å². The number of aliphatic imine (C=N–C) groups is 1. The summed E-state index contributed by atoms with van der Waals surface area (Å²) in [6.45, 7) is 5.80. The van der Waals surface area contributed by atoms with E-state index in [1.54, 1.807) is 6.07 Å². The number of guanidine groups is 1. The molecule has 14 heteroatoms. The van der Waals surface area contributed by atoms with Crippen molar-refractivity contribution in [2.45, 2.75) is 121 Å². The Bertz CT molecular complexity index is 1500. The third-order valence-corrected chi connectivity index (χ3v) is 12.4. The molecule has 0 saturated heterocycles. The molecule has 4 aliphatic rings. The van der Waals surface area contributed by atoms with Gasteiger partial charge in [0, 0.05) is 43.7 Å². The molecule has 10 atom stereocenters. The zero-order chi connectivity index (χ0) is 35.7. The number of ether oxygens (including phenoxy) is 2. The molecule has 14 nitrogen and oxygen atoms in total. The number of nitrogens with two attached hydrogens (primary N) is 2. The highest BCUT2D eigenvalue weighted by molar-refractivity contribution is 5.85. The maximum absolute atomic E-state index is 12.8. The Morgan fingerprint density at radius 1 is 1.06 bits per heavy atom. The first-order valence-electron chi connectivity index (χ1n) is 17.3. The van der Waals surface area contributed by atoms with Crippen LogP contribution in [-0.4, -0.2) is 70.4 Å². The monoisotopic (exact) mass is 686 g/mol. The van der Waals surface area contributed by atoms with Gasteiger partial charge >= 0.3 is 23.5 Å². The molecule has 0 aromatic carbocycles. The van der Waals surface area contributed by atoms with Crippen LogP contribution in [0.2, 0.25) is 0 Å². The smallest absolute Gasteiger partial charge is 0.335 e. The Morgan fingerprint density at radius 3 is 2.47 bits per heavy atom. The van der Waals surface area contributed by atoms with Gasteiger partial charge in [0.15, 0.2) is 5.96 Å². The van der Waals surface area contributed by atoms with Gasteiger partial charge in [-0.3, -0.25) is 19.4 Å². The number of hydrogen-bond donors (Lipinski definition) is 5. The largest absolute Gasteiger partial charge is 0.480 e. The van der Waals surface area contributed by atoms with Gasteiger partial charge in [-0.05, 0) is 86.2 Å². The van der Waals surface area contributed by atoms with E-state index in [0.717, 1.165) is 31.2 Å². The maximum atomic E-state index is 12.8. The van der Waals surface area contributed by atoms with Gasteiger partial charge in [0.2, 0.25) is 5.91 Å². The predicted molar refractivity (Wildman–Crippen MR) is 176 cm³/mol. The summed E-state index contributed by atoms with van der Waals surface area (Å²) in [5.41, 5.74) is 9.03. The number of carboxylic acid groups (broad SMARTS) is 1. The number of fused-ring (bicyclic) bond motifs is 5. The molecule has 4 saturated carbocycles. The summed E-state index contributed by atoms with van der Waals surface area (Å²) in [6, 6.07) is 1.90. The second kappa shape index (κ2) is 14.1. The van der Waals surface area contributed by atoms with Gasteiger partial charge in [0.05, 0.1) is 18.3 Å². The quantitative estimate of drug-likeness (QED) is 0.128. The van der Waals surface area contributed by atoms with E-state index in [2.05, 4.69) is 24.2 Å². The normalized spacial score (nSPS) is 35.4. The molecule has 4 aliphatic carbocycles. The third-order valence-electron chi connectivity index (χ3n) is 12.4.